The fraction of sp³-hybridized carbons (Fsp3) is 0.235. The number of sulfonamides is 1. The van der Waals surface area contributed by atoms with Crippen LogP contribution >= 0.6 is 11.3 Å². The predicted octanol–water partition coefficient (Wildman–Crippen LogP) is 2.51. The van der Waals surface area contributed by atoms with Crippen LogP contribution in [0.15, 0.2) is 47.4 Å². The third kappa shape index (κ3) is 3.90. The summed E-state index contributed by atoms with van der Waals surface area (Å²) in [5.41, 5.74) is 0. The Morgan fingerprint density at radius 1 is 1.15 bits per heavy atom. The van der Waals surface area contributed by atoms with Crippen LogP contribution in [-0.4, -0.2) is 42.4 Å². The monoisotopic (exact) mass is 390 g/mol. The highest BCUT2D eigenvalue weighted by Gasteiger charge is 2.23. The molecule has 0 radical (unpaired) electrons. The van der Waals surface area contributed by atoms with Crippen LogP contribution in [0.5, 0.6) is 0 Å². The Morgan fingerprint density at radius 3 is 2.58 bits per heavy atom. The molecule has 1 amide bonds. The van der Waals surface area contributed by atoms with Crippen LogP contribution in [0.2, 0.25) is 0 Å². The van der Waals surface area contributed by atoms with Gasteiger partial charge in [0.15, 0.2) is 0 Å². The fourth-order valence-corrected chi connectivity index (χ4v) is 4.26. The Labute approximate surface area is 155 Å². The Hall–Kier alpha value is -2.36. The summed E-state index contributed by atoms with van der Waals surface area (Å²) in [5.74, 6) is -0.462. The van der Waals surface area contributed by atoms with Crippen LogP contribution in [0, 0.1) is 0 Å². The van der Waals surface area contributed by atoms with E-state index in [9.17, 15) is 13.2 Å². The smallest absolute Gasteiger partial charge is 0.243 e. The van der Waals surface area contributed by atoms with Crippen LogP contribution in [-0.2, 0) is 21.2 Å². The first-order valence-electron chi connectivity index (χ1n) is 7.97. The molecule has 0 spiro atoms. The van der Waals surface area contributed by atoms with E-state index in [-0.39, 0.29) is 11.4 Å². The molecule has 0 unspecified atom stereocenters. The third-order valence-electron chi connectivity index (χ3n) is 3.81. The maximum Gasteiger partial charge on any atom is 0.243 e. The van der Waals surface area contributed by atoms with E-state index >= 15 is 0 Å². The molecule has 1 N–H and O–H groups in total. The lowest BCUT2D eigenvalue weighted by atomic mass is 10.1. The quantitative estimate of drug-likeness (QED) is 0.698. The minimum Gasteiger partial charge on any atom is -0.299 e. The fourth-order valence-electron chi connectivity index (χ4n) is 2.40. The van der Waals surface area contributed by atoms with E-state index in [2.05, 4.69) is 15.5 Å². The molecule has 0 saturated heterocycles. The molecule has 3 rings (SSSR count). The molecule has 1 aromatic heterocycles. The molecular weight excluding hydrogens is 372 g/mol. The van der Waals surface area contributed by atoms with Gasteiger partial charge in [0, 0.05) is 7.05 Å². The van der Waals surface area contributed by atoms with Crippen molar-refractivity contribution >= 4 is 43.2 Å². The van der Waals surface area contributed by atoms with E-state index in [0.29, 0.717) is 5.13 Å². The third-order valence-corrected chi connectivity index (χ3v) is 6.59. The number of rotatable bonds is 6. The van der Waals surface area contributed by atoms with E-state index < -0.39 is 15.9 Å². The van der Waals surface area contributed by atoms with Gasteiger partial charge in [-0.05, 0) is 29.3 Å². The van der Waals surface area contributed by atoms with Gasteiger partial charge in [-0.3, -0.25) is 10.1 Å². The largest absolute Gasteiger partial charge is 0.299 e. The molecule has 26 heavy (non-hydrogen) atoms. The Kier molecular flexibility index (Phi) is 5.30. The van der Waals surface area contributed by atoms with Gasteiger partial charge in [-0.2, -0.15) is 4.31 Å². The molecule has 136 valence electrons. The van der Waals surface area contributed by atoms with Gasteiger partial charge in [0.05, 0.1) is 11.4 Å². The highest BCUT2D eigenvalue weighted by atomic mass is 32.2. The second-order valence-corrected chi connectivity index (χ2v) is 8.78. The van der Waals surface area contributed by atoms with Crippen LogP contribution in [0.3, 0.4) is 0 Å². The molecule has 9 heteroatoms. The number of nitrogens with zero attached hydrogens (tertiary/aromatic N) is 3. The zero-order valence-electron chi connectivity index (χ0n) is 14.3. The highest BCUT2D eigenvalue weighted by molar-refractivity contribution is 7.89. The van der Waals surface area contributed by atoms with Crippen molar-refractivity contribution in [1.29, 1.82) is 0 Å². The SMILES string of the molecule is CCc1nnc(NC(=O)CN(C)S(=O)(=O)c2ccc3ccccc3c2)s1. The van der Waals surface area contributed by atoms with Gasteiger partial charge < -0.3 is 0 Å². The first-order valence-corrected chi connectivity index (χ1v) is 10.2. The normalized spacial score (nSPS) is 11.8. The lowest BCUT2D eigenvalue weighted by Crippen LogP contribution is -2.34. The number of carbonyl (C=O) groups excluding carboxylic acids is 1. The minimum absolute atomic E-state index is 0.149. The zero-order chi connectivity index (χ0) is 18.7. The van der Waals surface area contributed by atoms with Crippen molar-refractivity contribution in [2.45, 2.75) is 18.2 Å². The summed E-state index contributed by atoms with van der Waals surface area (Å²) in [6.45, 7) is 1.63. The van der Waals surface area contributed by atoms with Gasteiger partial charge in [-0.1, -0.05) is 48.6 Å². The molecule has 0 aliphatic heterocycles. The maximum atomic E-state index is 12.7. The maximum absolute atomic E-state index is 12.7. The summed E-state index contributed by atoms with van der Waals surface area (Å²) in [6, 6.07) is 12.4. The van der Waals surface area contributed by atoms with Crippen molar-refractivity contribution in [1.82, 2.24) is 14.5 Å². The van der Waals surface area contributed by atoms with Crippen molar-refractivity contribution in [3.63, 3.8) is 0 Å². The number of anilines is 1. The molecule has 0 aliphatic rings. The minimum atomic E-state index is -3.78. The zero-order valence-corrected chi connectivity index (χ0v) is 16.0. The van der Waals surface area contributed by atoms with Crippen LogP contribution in [0.1, 0.15) is 11.9 Å². The van der Waals surface area contributed by atoms with Gasteiger partial charge in [0.2, 0.25) is 21.1 Å². The summed E-state index contributed by atoms with van der Waals surface area (Å²) in [5, 5.41) is 13.3. The molecule has 2 aromatic carbocycles. The number of nitrogens with one attached hydrogen (secondary N) is 1. The van der Waals surface area contributed by atoms with Crippen molar-refractivity contribution < 1.29 is 13.2 Å². The molecule has 1 heterocycles. The number of hydrogen-bond donors (Lipinski definition) is 1. The molecular formula is C17H18N4O3S2. The van der Waals surface area contributed by atoms with Crippen molar-refractivity contribution in [2.75, 3.05) is 18.9 Å². The molecule has 0 saturated carbocycles. The van der Waals surface area contributed by atoms with Crippen molar-refractivity contribution in [2.24, 2.45) is 0 Å². The lowest BCUT2D eigenvalue weighted by molar-refractivity contribution is -0.116. The van der Waals surface area contributed by atoms with Crippen molar-refractivity contribution in [3.8, 4) is 0 Å². The standard InChI is InChI=1S/C17H18N4O3S2/c1-3-16-19-20-17(25-16)18-15(22)11-21(2)26(23,24)14-9-8-12-6-4-5-7-13(12)10-14/h4-10H,3,11H2,1-2H3,(H,18,20,22). The van der Waals surface area contributed by atoms with Gasteiger partial charge in [0.1, 0.15) is 5.01 Å². The van der Waals surface area contributed by atoms with Crippen LogP contribution in [0.25, 0.3) is 10.8 Å². The second kappa shape index (κ2) is 7.48. The average molecular weight is 390 g/mol. The first-order chi connectivity index (χ1) is 12.4. The topological polar surface area (TPSA) is 92.3 Å². The first kappa shape index (κ1) is 18.4. The van der Waals surface area contributed by atoms with E-state index in [1.54, 1.807) is 18.2 Å². The molecule has 0 aliphatic carbocycles. The van der Waals surface area contributed by atoms with Crippen LogP contribution < -0.4 is 5.32 Å². The number of hydrogen-bond acceptors (Lipinski definition) is 6. The van der Waals surface area contributed by atoms with Gasteiger partial charge in [-0.15, -0.1) is 10.2 Å². The van der Waals surface area contributed by atoms with E-state index in [4.69, 9.17) is 0 Å². The summed E-state index contributed by atoms with van der Waals surface area (Å²) in [6.07, 6.45) is 0.726. The number of benzene rings is 2. The number of likely N-dealkylation sites (N-methyl/N-ethyl adjacent to an activating group) is 1. The van der Waals surface area contributed by atoms with E-state index in [0.717, 1.165) is 26.5 Å². The summed E-state index contributed by atoms with van der Waals surface area (Å²) < 4.78 is 26.5. The molecule has 0 bridgehead atoms. The Balaban J connectivity index is 1.74. The van der Waals surface area contributed by atoms with Gasteiger partial charge in [-0.25, -0.2) is 8.42 Å². The van der Waals surface area contributed by atoms with Gasteiger partial charge in [0.25, 0.3) is 0 Å². The molecule has 7 nitrogen and oxygen atoms in total. The molecule has 0 atom stereocenters. The number of aryl methyl sites for hydroxylation is 1. The predicted molar refractivity (Wildman–Crippen MR) is 102 cm³/mol. The highest BCUT2D eigenvalue weighted by Crippen LogP contribution is 2.21. The molecule has 0 fully saturated rings. The molecule has 3 aromatic rings. The Bertz CT molecular complexity index is 1050. The second-order valence-electron chi connectivity index (χ2n) is 5.67. The number of carbonyl (C=O) groups is 1. The van der Waals surface area contributed by atoms with Crippen molar-refractivity contribution in [3.05, 3.63) is 47.5 Å². The number of aromatic nitrogens is 2. The lowest BCUT2D eigenvalue weighted by Gasteiger charge is -2.16. The van der Waals surface area contributed by atoms with E-state index in [1.807, 2.05) is 31.2 Å². The van der Waals surface area contributed by atoms with Gasteiger partial charge >= 0.3 is 0 Å². The average Bonchev–Trinajstić information content (AvgIpc) is 3.08. The summed E-state index contributed by atoms with van der Waals surface area (Å²) >= 11 is 1.27. The Morgan fingerprint density at radius 2 is 1.88 bits per heavy atom. The van der Waals surface area contributed by atoms with E-state index in [1.165, 1.54) is 18.4 Å². The summed E-state index contributed by atoms with van der Waals surface area (Å²) in [4.78, 5) is 12.3. The summed E-state index contributed by atoms with van der Waals surface area (Å²) in [7, 11) is -2.40. The van der Waals surface area contributed by atoms with Crippen LogP contribution in [0.4, 0.5) is 5.13 Å². The number of amides is 1. The number of fused-ring (bicyclic) bond motifs is 1.